The van der Waals surface area contributed by atoms with Crippen LogP contribution in [-0.2, 0) is 4.79 Å². The molecular weight excluding hydrogens is 192 g/mol. The largest absolute Gasteiger partial charge is 0.396 e. The van der Waals surface area contributed by atoms with Crippen molar-refractivity contribution in [2.45, 2.75) is 40.2 Å². The third-order valence-corrected chi connectivity index (χ3v) is 2.42. The third-order valence-electron chi connectivity index (χ3n) is 2.42. The van der Waals surface area contributed by atoms with Gasteiger partial charge in [-0.15, -0.1) is 0 Å². The quantitative estimate of drug-likeness (QED) is 0.581. The normalized spacial score (nSPS) is 13.7. The van der Waals surface area contributed by atoms with Gasteiger partial charge in [0.2, 0.25) is 5.91 Å². The average Bonchev–Trinajstić information content (AvgIpc) is 2.23. The summed E-state index contributed by atoms with van der Waals surface area (Å²) in [6, 6.07) is 0.363. The van der Waals surface area contributed by atoms with E-state index in [0.717, 1.165) is 6.42 Å². The first kappa shape index (κ1) is 14.4. The maximum absolute atomic E-state index is 11.4. The fraction of sp³-hybridized carbons (Fsp3) is 0.909. The second kappa shape index (κ2) is 6.80. The maximum Gasteiger partial charge on any atom is 0.233 e. The van der Waals surface area contributed by atoms with E-state index in [4.69, 9.17) is 5.11 Å². The first-order chi connectivity index (χ1) is 6.91. The molecule has 3 N–H and O–H groups in total. The highest BCUT2D eigenvalue weighted by atomic mass is 16.3. The Hall–Kier alpha value is -0.610. The molecule has 0 aliphatic carbocycles. The van der Waals surface area contributed by atoms with E-state index in [2.05, 4.69) is 17.6 Å². The zero-order valence-corrected chi connectivity index (χ0v) is 10.3. The summed E-state index contributed by atoms with van der Waals surface area (Å²) in [6.07, 6.45) is 1.01. The summed E-state index contributed by atoms with van der Waals surface area (Å²) in [4.78, 5) is 11.4. The minimum atomic E-state index is -0.244. The highest BCUT2D eigenvalue weighted by Crippen LogP contribution is 2.10. The van der Waals surface area contributed by atoms with E-state index < -0.39 is 0 Å². The number of rotatable bonds is 7. The molecule has 0 saturated carbocycles. The number of carbonyl (C=O) groups is 1. The van der Waals surface area contributed by atoms with Crippen molar-refractivity contribution < 1.29 is 9.90 Å². The van der Waals surface area contributed by atoms with E-state index in [1.54, 1.807) is 0 Å². The number of nitrogens with one attached hydrogen (secondary N) is 2. The molecular formula is C11H24N2O2. The zero-order chi connectivity index (χ0) is 11.9. The minimum Gasteiger partial charge on any atom is -0.396 e. The molecule has 1 atom stereocenters. The number of aliphatic hydroxyl groups excluding tert-OH is 1. The number of hydrogen-bond donors (Lipinski definition) is 3. The molecule has 0 spiro atoms. The van der Waals surface area contributed by atoms with Gasteiger partial charge < -0.3 is 15.7 Å². The molecule has 0 aliphatic heterocycles. The summed E-state index contributed by atoms with van der Waals surface area (Å²) >= 11 is 0. The van der Waals surface area contributed by atoms with Gasteiger partial charge in [-0.1, -0.05) is 20.8 Å². The molecule has 0 aromatic rings. The maximum atomic E-state index is 11.4. The monoisotopic (exact) mass is 216 g/mol. The lowest BCUT2D eigenvalue weighted by molar-refractivity contribution is -0.120. The van der Waals surface area contributed by atoms with Crippen LogP contribution in [-0.4, -0.2) is 36.8 Å². The summed E-state index contributed by atoms with van der Waals surface area (Å²) in [5.41, 5.74) is -0.244. The third kappa shape index (κ3) is 7.33. The summed E-state index contributed by atoms with van der Waals surface area (Å²) in [6.45, 7) is 8.87. The van der Waals surface area contributed by atoms with Crippen LogP contribution in [0.1, 0.15) is 34.1 Å². The minimum absolute atomic E-state index is 0.0168. The Morgan fingerprint density at radius 1 is 1.47 bits per heavy atom. The van der Waals surface area contributed by atoms with Gasteiger partial charge in [0.15, 0.2) is 0 Å². The SMILES string of the molecule is CCC(C)NCC(=O)NCC(C)(C)CO. The number of aliphatic hydroxyl groups is 1. The van der Waals surface area contributed by atoms with Gasteiger partial charge in [0.25, 0.3) is 0 Å². The molecule has 0 rings (SSSR count). The highest BCUT2D eigenvalue weighted by molar-refractivity contribution is 5.78. The molecule has 0 aromatic heterocycles. The number of hydrogen-bond acceptors (Lipinski definition) is 3. The van der Waals surface area contributed by atoms with Crippen molar-refractivity contribution in [2.24, 2.45) is 5.41 Å². The molecule has 90 valence electrons. The molecule has 0 bridgehead atoms. The van der Waals surface area contributed by atoms with E-state index >= 15 is 0 Å². The van der Waals surface area contributed by atoms with Crippen LogP contribution < -0.4 is 10.6 Å². The van der Waals surface area contributed by atoms with Crippen molar-refractivity contribution in [3.63, 3.8) is 0 Å². The Morgan fingerprint density at radius 2 is 2.07 bits per heavy atom. The Kier molecular flexibility index (Phi) is 6.52. The predicted molar refractivity (Wildman–Crippen MR) is 61.6 cm³/mol. The van der Waals surface area contributed by atoms with Crippen molar-refractivity contribution >= 4 is 5.91 Å². The molecule has 1 unspecified atom stereocenters. The van der Waals surface area contributed by atoms with E-state index in [0.29, 0.717) is 19.1 Å². The predicted octanol–water partition coefficient (Wildman–Crippen LogP) is 0.509. The van der Waals surface area contributed by atoms with Crippen LogP contribution in [0.5, 0.6) is 0 Å². The summed E-state index contributed by atoms with van der Waals surface area (Å²) < 4.78 is 0. The van der Waals surface area contributed by atoms with Crippen LogP contribution in [0.2, 0.25) is 0 Å². The molecule has 1 amide bonds. The van der Waals surface area contributed by atoms with Crippen LogP contribution in [0, 0.1) is 5.41 Å². The van der Waals surface area contributed by atoms with E-state index in [-0.39, 0.29) is 17.9 Å². The first-order valence-corrected chi connectivity index (χ1v) is 5.52. The van der Waals surface area contributed by atoms with Crippen molar-refractivity contribution in [1.29, 1.82) is 0 Å². The number of carbonyl (C=O) groups excluding carboxylic acids is 1. The van der Waals surface area contributed by atoms with Crippen molar-refractivity contribution in [2.75, 3.05) is 19.7 Å². The van der Waals surface area contributed by atoms with Gasteiger partial charge in [0.1, 0.15) is 0 Å². The Labute approximate surface area is 92.4 Å². The Morgan fingerprint density at radius 3 is 2.53 bits per heavy atom. The van der Waals surface area contributed by atoms with Crippen LogP contribution in [0.15, 0.2) is 0 Å². The van der Waals surface area contributed by atoms with Gasteiger partial charge in [-0.2, -0.15) is 0 Å². The second-order valence-electron chi connectivity index (χ2n) is 4.79. The van der Waals surface area contributed by atoms with Crippen molar-refractivity contribution in [1.82, 2.24) is 10.6 Å². The highest BCUT2D eigenvalue weighted by Gasteiger charge is 2.17. The molecule has 0 fully saturated rings. The van der Waals surface area contributed by atoms with Crippen LogP contribution in [0.4, 0.5) is 0 Å². The van der Waals surface area contributed by atoms with Gasteiger partial charge in [0.05, 0.1) is 6.54 Å². The lowest BCUT2D eigenvalue weighted by Crippen LogP contribution is -2.42. The molecule has 0 radical (unpaired) electrons. The van der Waals surface area contributed by atoms with Gasteiger partial charge >= 0.3 is 0 Å². The lowest BCUT2D eigenvalue weighted by atomic mass is 9.95. The fourth-order valence-corrected chi connectivity index (χ4v) is 0.868. The summed E-state index contributed by atoms with van der Waals surface area (Å²) in [7, 11) is 0. The molecule has 15 heavy (non-hydrogen) atoms. The topological polar surface area (TPSA) is 61.4 Å². The van der Waals surface area contributed by atoms with Gasteiger partial charge in [0, 0.05) is 24.6 Å². The standard InChI is InChI=1S/C11H24N2O2/c1-5-9(2)12-6-10(15)13-7-11(3,4)8-14/h9,12,14H,5-8H2,1-4H3,(H,13,15). The molecule has 4 heteroatoms. The van der Waals surface area contributed by atoms with Crippen molar-refractivity contribution in [3.05, 3.63) is 0 Å². The average molecular weight is 216 g/mol. The van der Waals surface area contributed by atoms with Gasteiger partial charge in [-0.05, 0) is 13.3 Å². The smallest absolute Gasteiger partial charge is 0.233 e. The molecule has 4 nitrogen and oxygen atoms in total. The molecule has 0 heterocycles. The van der Waals surface area contributed by atoms with Gasteiger partial charge in [-0.25, -0.2) is 0 Å². The molecule has 0 saturated heterocycles. The van der Waals surface area contributed by atoms with Gasteiger partial charge in [-0.3, -0.25) is 4.79 Å². The lowest BCUT2D eigenvalue weighted by Gasteiger charge is -2.22. The second-order valence-corrected chi connectivity index (χ2v) is 4.79. The number of amides is 1. The molecule has 0 aromatic carbocycles. The van der Waals surface area contributed by atoms with E-state index in [9.17, 15) is 4.79 Å². The Bertz CT molecular complexity index is 193. The molecule has 0 aliphatic rings. The summed E-state index contributed by atoms with van der Waals surface area (Å²) in [5, 5.41) is 14.9. The van der Waals surface area contributed by atoms with Crippen LogP contribution in [0.25, 0.3) is 0 Å². The van der Waals surface area contributed by atoms with Crippen molar-refractivity contribution in [3.8, 4) is 0 Å². The van der Waals surface area contributed by atoms with E-state index in [1.165, 1.54) is 0 Å². The summed E-state index contributed by atoms with van der Waals surface area (Å²) in [5.74, 6) is -0.0168. The Balaban J connectivity index is 3.67. The van der Waals surface area contributed by atoms with Crippen LogP contribution in [0.3, 0.4) is 0 Å². The van der Waals surface area contributed by atoms with Crippen LogP contribution >= 0.6 is 0 Å². The van der Waals surface area contributed by atoms with E-state index in [1.807, 2.05) is 20.8 Å². The zero-order valence-electron chi connectivity index (χ0n) is 10.3. The first-order valence-electron chi connectivity index (χ1n) is 5.52. The fourth-order valence-electron chi connectivity index (χ4n) is 0.868.